The Morgan fingerprint density at radius 1 is 1.24 bits per heavy atom. The van der Waals surface area contributed by atoms with E-state index in [4.69, 9.17) is 10.5 Å². The number of aromatic nitrogens is 1. The Morgan fingerprint density at radius 2 is 2.08 bits per heavy atom. The van der Waals surface area contributed by atoms with Gasteiger partial charge in [-0.15, -0.1) is 24.0 Å². The third-order valence-electron chi connectivity index (χ3n) is 3.61. The predicted molar refractivity (Wildman–Crippen MR) is 115 cm³/mol. The molecule has 2 rings (SSSR count). The number of nitrogens with one attached hydrogen (secondary N) is 1. The molecule has 2 aromatic rings. The van der Waals surface area contributed by atoms with Crippen LogP contribution in [0.5, 0.6) is 5.88 Å². The van der Waals surface area contributed by atoms with Crippen molar-refractivity contribution in [3.63, 3.8) is 0 Å². The summed E-state index contributed by atoms with van der Waals surface area (Å²) in [6.07, 6.45) is 4.82. The number of aliphatic imine (C=N–C) groups is 1. The van der Waals surface area contributed by atoms with Gasteiger partial charge in [0, 0.05) is 17.4 Å². The molecule has 0 aliphatic rings. The minimum Gasteiger partial charge on any atom is -0.477 e. The molecule has 1 heterocycles. The molecule has 0 spiro atoms. The average molecular weight is 454 g/mol. The first kappa shape index (κ1) is 21.2. The van der Waals surface area contributed by atoms with E-state index in [1.165, 1.54) is 5.56 Å². The number of halogens is 1. The lowest BCUT2D eigenvalue weighted by atomic mass is 10.1. The molecule has 0 fully saturated rings. The van der Waals surface area contributed by atoms with Gasteiger partial charge in [0.05, 0.1) is 13.2 Å². The predicted octanol–water partition coefficient (Wildman–Crippen LogP) is 4.37. The second-order valence-electron chi connectivity index (χ2n) is 5.55. The zero-order valence-corrected chi connectivity index (χ0v) is 17.2. The van der Waals surface area contributed by atoms with Gasteiger partial charge < -0.3 is 15.8 Å². The largest absolute Gasteiger partial charge is 0.477 e. The Balaban J connectivity index is 0.00000312. The highest BCUT2D eigenvalue weighted by Gasteiger charge is 2.04. The molecule has 25 heavy (non-hydrogen) atoms. The van der Waals surface area contributed by atoms with Crippen molar-refractivity contribution in [1.82, 2.24) is 4.98 Å². The summed E-state index contributed by atoms with van der Waals surface area (Å²) in [5.41, 5.74) is 9.13. The third-order valence-corrected chi connectivity index (χ3v) is 3.61. The van der Waals surface area contributed by atoms with Crippen molar-refractivity contribution in [3.8, 4) is 5.88 Å². The second kappa shape index (κ2) is 11.7. The van der Waals surface area contributed by atoms with E-state index < -0.39 is 0 Å². The number of hydrogen-bond acceptors (Lipinski definition) is 3. The van der Waals surface area contributed by atoms with Crippen LogP contribution in [0.4, 0.5) is 5.69 Å². The second-order valence-corrected chi connectivity index (χ2v) is 5.55. The van der Waals surface area contributed by atoms with E-state index in [2.05, 4.69) is 41.3 Å². The zero-order chi connectivity index (χ0) is 17.2. The van der Waals surface area contributed by atoms with Crippen LogP contribution in [0.1, 0.15) is 37.8 Å². The number of ether oxygens (including phenoxy) is 1. The molecule has 0 atom stereocenters. The molecular formula is C19H27IN4O. The lowest BCUT2D eigenvalue weighted by Gasteiger charge is -2.09. The number of unbranched alkanes of at least 4 members (excludes halogenated alkanes) is 1. The Kier molecular flexibility index (Phi) is 9.91. The minimum atomic E-state index is 0. The van der Waals surface area contributed by atoms with Crippen LogP contribution >= 0.6 is 24.0 Å². The highest BCUT2D eigenvalue weighted by atomic mass is 127. The van der Waals surface area contributed by atoms with Gasteiger partial charge in [-0.3, -0.25) is 0 Å². The molecule has 0 aliphatic heterocycles. The molecule has 1 aromatic heterocycles. The van der Waals surface area contributed by atoms with Crippen LogP contribution in [0.15, 0.2) is 47.6 Å². The molecule has 0 aliphatic carbocycles. The van der Waals surface area contributed by atoms with E-state index in [0.717, 1.165) is 30.5 Å². The van der Waals surface area contributed by atoms with Crippen LogP contribution in [0.3, 0.4) is 0 Å². The first-order valence-electron chi connectivity index (χ1n) is 8.45. The standard InChI is InChI=1S/C19H26N4O.HI/c1-3-5-12-24-18-16(9-7-11-21-18)14-22-19(20)23-17-10-6-8-15(4-2)13-17;/h6-11,13H,3-5,12,14H2,1-2H3,(H3,20,22,23);1H. The molecule has 0 unspecified atom stereocenters. The number of nitrogens with two attached hydrogens (primary N) is 1. The van der Waals surface area contributed by atoms with Gasteiger partial charge in [-0.05, 0) is 36.6 Å². The zero-order valence-electron chi connectivity index (χ0n) is 14.9. The molecule has 1 aromatic carbocycles. The van der Waals surface area contributed by atoms with E-state index >= 15 is 0 Å². The lowest BCUT2D eigenvalue weighted by Crippen LogP contribution is -2.22. The number of nitrogens with zero attached hydrogens (tertiary/aromatic N) is 2. The van der Waals surface area contributed by atoms with Gasteiger partial charge >= 0.3 is 0 Å². The highest BCUT2D eigenvalue weighted by Crippen LogP contribution is 2.16. The first-order chi connectivity index (χ1) is 11.7. The quantitative estimate of drug-likeness (QED) is 0.269. The van der Waals surface area contributed by atoms with Gasteiger partial charge in [0.25, 0.3) is 0 Å². The van der Waals surface area contributed by atoms with Crippen LogP contribution < -0.4 is 15.8 Å². The fourth-order valence-corrected chi connectivity index (χ4v) is 2.21. The van der Waals surface area contributed by atoms with Crippen molar-refractivity contribution in [2.75, 3.05) is 11.9 Å². The summed E-state index contributed by atoms with van der Waals surface area (Å²) >= 11 is 0. The van der Waals surface area contributed by atoms with Crippen molar-refractivity contribution < 1.29 is 4.74 Å². The molecule has 0 saturated heterocycles. The SMILES string of the molecule is CCCCOc1ncccc1CN=C(N)Nc1cccc(CC)c1.I. The topological polar surface area (TPSA) is 72.5 Å². The van der Waals surface area contributed by atoms with Gasteiger partial charge in [-0.25, -0.2) is 9.98 Å². The van der Waals surface area contributed by atoms with Crippen LogP contribution in [0.25, 0.3) is 0 Å². The summed E-state index contributed by atoms with van der Waals surface area (Å²) in [7, 11) is 0. The van der Waals surface area contributed by atoms with Crippen molar-refractivity contribution in [1.29, 1.82) is 0 Å². The number of pyridine rings is 1. The van der Waals surface area contributed by atoms with Gasteiger partial charge in [0.1, 0.15) is 0 Å². The average Bonchev–Trinajstić information content (AvgIpc) is 2.61. The molecule has 3 N–H and O–H groups in total. The van der Waals surface area contributed by atoms with Gasteiger partial charge in [0.15, 0.2) is 5.96 Å². The maximum absolute atomic E-state index is 5.99. The van der Waals surface area contributed by atoms with Crippen LogP contribution in [-0.2, 0) is 13.0 Å². The molecule has 0 bridgehead atoms. The van der Waals surface area contributed by atoms with Crippen LogP contribution in [0.2, 0.25) is 0 Å². The van der Waals surface area contributed by atoms with Crippen molar-refractivity contribution >= 4 is 35.6 Å². The van der Waals surface area contributed by atoms with Gasteiger partial charge in [0.2, 0.25) is 5.88 Å². The van der Waals surface area contributed by atoms with E-state index in [9.17, 15) is 0 Å². The summed E-state index contributed by atoms with van der Waals surface area (Å²) in [6, 6.07) is 12.0. The van der Waals surface area contributed by atoms with E-state index in [1.54, 1.807) is 6.20 Å². The summed E-state index contributed by atoms with van der Waals surface area (Å²) in [4.78, 5) is 8.68. The van der Waals surface area contributed by atoms with Crippen molar-refractivity contribution in [2.24, 2.45) is 10.7 Å². The molecule has 0 saturated carbocycles. The lowest BCUT2D eigenvalue weighted by molar-refractivity contribution is 0.294. The Morgan fingerprint density at radius 3 is 2.84 bits per heavy atom. The summed E-state index contributed by atoms with van der Waals surface area (Å²) in [6.45, 7) is 5.36. The molecule has 6 heteroatoms. The Hall–Kier alpha value is -1.83. The smallest absolute Gasteiger partial charge is 0.218 e. The number of hydrogen-bond donors (Lipinski definition) is 2. The molecule has 0 amide bonds. The summed E-state index contributed by atoms with van der Waals surface area (Å²) in [5, 5.41) is 3.13. The number of benzene rings is 1. The summed E-state index contributed by atoms with van der Waals surface area (Å²) in [5.74, 6) is 1.02. The van der Waals surface area contributed by atoms with Crippen molar-refractivity contribution in [2.45, 2.75) is 39.7 Å². The monoisotopic (exact) mass is 454 g/mol. The van der Waals surface area contributed by atoms with Gasteiger partial charge in [-0.1, -0.05) is 38.5 Å². The maximum atomic E-state index is 5.99. The maximum Gasteiger partial charge on any atom is 0.218 e. The molecule has 5 nitrogen and oxygen atoms in total. The van der Waals surface area contributed by atoms with E-state index in [-0.39, 0.29) is 24.0 Å². The Labute approximate surface area is 167 Å². The molecule has 136 valence electrons. The summed E-state index contributed by atoms with van der Waals surface area (Å²) < 4.78 is 5.72. The highest BCUT2D eigenvalue weighted by molar-refractivity contribution is 14.0. The van der Waals surface area contributed by atoms with Crippen LogP contribution in [0, 0.1) is 0 Å². The molecular weight excluding hydrogens is 427 g/mol. The van der Waals surface area contributed by atoms with Gasteiger partial charge in [-0.2, -0.15) is 0 Å². The number of anilines is 1. The third kappa shape index (κ3) is 7.29. The first-order valence-corrected chi connectivity index (χ1v) is 8.45. The van der Waals surface area contributed by atoms with E-state index in [0.29, 0.717) is 25.0 Å². The minimum absolute atomic E-state index is 0. The number of guanidine groups is 1. The normalized spacial score (nSPS) is 10.9. The van der Waals surface area contributed by atoms with E-state index in [1.807, 2.05) is 24.3 Å². The fourth-order valence-electron chi connectivity index (χ4n) is 2.21. The molecule has 0 radical (unpaired) electrons. The number of aryl methyl sites for hydroxylation is 1. The number of rotatable bonds is 8. The van der Waals surface area contributed by atoms with Crippen LogP contribution in [-0.4, -0.2) is 17.6 Å². The Bertz CT molecular complexity index is 676. The fraction of sp³-hybridized carbons (Fsp3) is 0.368. The van der Waals surface area contributed by atoms with Crippen molar-refractivity contribution in [3.05, 3.63) is 53.7 Å².